The number of halogens is 1. The molecular formula is C15H12ClN3O2. The van der Waals surface area contributed by atoms with Crippen LogP contribution < -0.4 is 5.56 Å². The van der Waals surface area contributed by atoms with Crippen LogP contribution in [0, 0.1) is 6.92 Å². The van der Waals surface area contributed by atoms with Crippen molar-refractivity contribution in [1.82, 2.24) is 4.74 Å². The van der Waals surface area contributed by atoms with Gasteiger partial charge in [0.1, 0.15) is 12.1 Å². The van der Waals surface area contributed by atoms with Crippen LogP contribution in [0.5, 0.6) is 0 Å². The maximum absolute atomic E-state index is 12.0. The van der Waals surface area contributed by atoms with Crippen LogP contribution in [0.4, 0.5) is 5.88 Å². The lowest BCUT2D eigenvalue weighted by molar-refractivity contribution is -0.465. The smallest absolute Gasteiger partial charge is 0.385 e. The fraction of sp³-hybridized carbons (Fsp3) is 0.133. The zero-order valence-electron chi connectivity index (χ0n) is 11.3. The molecule has 0 unspecified atom stereocenters. The summed E-state index contributed by atoms with van der Waals surface area (Å²) in [5.74, 6) is 1.04. The van der Waals surface area contributed by atoms with E-state index in [2.05, 4.69) is 0 Å². The molecule has 0 saturated heterocycles. The van der Waals surface area contributed by atoms with Crippen molar-refractivity contribution in [3.8, 4) is 0 Å². The molecule has 21 heavy (non-hydrogen) atoms. The second-order valence-electron chi connectivity index (χ2n) is 4.71. The molecule has 0 fully saturated rings. The number of hydrogen-bond acceptors (Lipinski definition) is 2. The van der Waals surface area contributed by atoms with Gasteiger partial charge in [-0.15, -0.1) is 11.6 Å². The Bertz CT molecular complexity index is 828. The molecule has 1 aromatic carbocycles. The highest BCUT2D eigenvalue weighted by Crippen LogP contribution is 2.24. The Morgan fingerprint density at radius 1 is 1.43 bits per heavy atom. The molecule has 1 aliphatic heterocycles. The van der Waals surface area contributed by atoms with Gasteiger partial charge in [0, 0.05) is 10.8 Å². The van der Waals surface area contributed by atoms with E-state index in [0.29, 0.717) is 23.8 Å². The Balaban J connectivity index is 2.07. The van der Waals surface area contributed by atoms with Crippen LogP contribution in [0.25, 0.3) is 5.41 Å². The highest BCUT2D eigenvalue weighted by Gasteiger charge is 2.37. The molecule has 1 aliphatic rings. The summed E-state index contributed by atoms with van der Waals surface area (Å²) in [5.41, 5.74) is 1.43. The first-order valence-electron chi connectivity index (χ1n) is 6.39. The molecule has 3 rings (SSSR count). The highest BCUT2D eigenvalue weighted by atomic mass is 35.5. The molecule has 5 nitrogen and oxygen atoms in total. The van der Waals surface area contributed by atoms with Crippen LogP contribution in [0.1, 0.15) is 11.1 Å². The van der Waals surface area contributed by atoms with Crippen molar-refractivity contribution in [3.63, 3.8) is 0 Å². The van der Waals surface area contributed by atoms with E-state index in [4.69, 9.17) is 21.5 Å². The molecule has 2 aromatic rings. The fourth-order valence-corrected chi connectivity index (χ4v) is 2.34. The first-order chi connectivity index (χ1) is 10.1. The molecule has 0 atom stereocenters. The predicted molar refractivity (Wildman–Crippen MR) is 81.5 cm³/mol. The molecule has 2 heterocycles. The van der Waals surface area contributed by atoms with Gasteiger partial charge in [-0.1, -0.05) is 41.6 Å². The third-order valence-electron chi connectivity index (χ3n) is 3.29. The summed E-state index contributed by atoms with van der Waals surface area (Å²) >= 11 is 5.43. The topological polar surface area (TPSA) is 60.4 Å². The molecule has 106 valence electrons. The van der Waals surface area contributed by atoms with Crippen molar-refractivity contribution in [3.05, 3.63) is 69.4 Å². The Labute approximate surface area is 125 Å². The van der Waals surface area contributed by atoms with Gasteiger partial charge in [-0.3, -0.25) is 0 Å². The number of fused-ring (bicyclic) bond motifs is 2. The molecule has 0 radical (unpaired) electrons. The van der Waals surface area contributed by atoms with Gasteiger partial charge in [0.25, 0.3) is 0 Å². The normalized spacial score (nSPS) is 13.4. The third-order valence-corrected chi connectivity index (χ3v) is 3.41. The zero-order valence-corrected chi connectivity index (χ0v) is 12.0. The zero-order chi connectivity index (χ0) is 15.0. The number of allylic oxidation sites excluding steroid dienone is 2. The van der Waals surface area contributed by atoms with Gasteiger partial charge >= 0.3 is 17.3 Å². The minimum atomic E-state index is -0.357. The summed E-state index contributed by atoms with van der Waals surface area (Å²) in [7, 11) is 0. The Hall–Kier alpha value is -2.40. The van der Waals surface area contributed by atoms with Crippen molar-refractivity contribution in [2.75, 3.05) is 0 Å². The molecule has 0 saturated carbocycles. The van der Waals surface area contributed by atoms with Crippen molar-refractivity contribution in [1.29, 1.82) is 0 Å². The van der Waals surface area contributed by atoms with Gasteiger partial charge in [0.05, 0.1) is 0 Å². The van der Waals surface area contributed by atoms with E-state index in [1.54, 1.807) is 13.0 Å². The van der Waals surface area contributed by atoms with Gasteiger partial charge < -0.3 is 5.41 Å². The number of aromatic nitrogens is 1. The number of rotatable bonds is 4. The molecule has 0 aliphatic carbocycles. The SMILES string of the molecule is Cc1c2on(c1=O)C(/C=C\C(=[N-])Cl)=[N+]2Cc1ccccc1. The van der Waals surface area contributed by atoms with Crippen LogP contribution in [0.2, 0.25) is 0 Å². The largest absolute Gasteiger partial charge is 0.794 e. The lowest BCUT2D eigenvalue weighted by Crippen LogP contribution is -2.30. The van der Waals surface area contributed by atoms with Crippen molar-refractivity contribution in [2.45, 2.75) is 13.5 Å². The maximum Gasteiger partial charge on any atom is 0.385 e. The first-order valence-corrected chi connectivity index (χ1v) is 6.77. The molecule has 0 N–H and O–H groups in total. The molecule has 6 heteroatoms. The van der Waals surface area contributed by atoms with Crippen LogP contribution in [0.15, 0.2) is 51.8 Å². The summed E-state index contributed by atoms with van der Waals surface area (Å²) in [5, 5.41) is 8.73. The van der Waals surface area contributed by atoms with Gasteiger partial charge in [-0.2, -0.15) is 4.58 Å². The van der Waals surface area contributed by atoms with Crippen LogP contribution in [-0.4, -0.2) is 20.3 Å². The van der Waals surface area contributed by atoms with E-state index < -0.39 is 0 Å². The average molecular weight is 302 g/mol. The third kappa shape index (κ3) is 2.36. The van der Waals surface area contributed by atoms with E-state index in [1.165, 1.54) is 10.8 Å². The van der Waals surface area contributed by atoms with E-state index in [-0.39, 0.29) is 10.7 Å². The summed E-state index contributed by atoms with van der Waals surface area (Å²) in [6, 6.07) is 9.83. The van der Waals surface area contributed by atoms with E-state index in [0.717, 1.165) is 5.56 Å². The molecule has 0 amide bonds. The van der Waals surface area contributed by atoms with Crippen LogP contribution in [-0.2, 0) is 6.54 Å². The standard InChI is InChI=1S/C15H12ClN3O2/c1-10-14(20)19-13(8-7-12(16)17)18(15(10)21-19)9-11-5-3-2-4-6-11/h2-8H,9H2,1H3/b8-7-. The van der Waals surface area contributed by atoms with E-state index in [9.17, 15) is 4.79 Å². The lowest BCUT2D eigenvalue weighted by atomic mass is 10.2. The fourth-order valence-electron chi connectivity index (χ4n) is 2.28. The molecular weight excluding hydrogens is 290 g/mol. The van der Waals surface area contributed by atoms with Gasteiger partial charge in [0.2, 0.25) is 0 Å². The minimum absolute atomic E-state index is 0.206. The second kappa shape index (κ2) is 5.18. The van der Waals surface area contributed by atoms with Crippen molar-refractivity contribution >= 4 is 28.5 Å². The summed E-state index contributed by atoms with van der Waals surface area (Å²) < 4.78 is 8.56. The van der Waals surface area contributed by atoms with Gasteiger partial charge in [0.15, 0.2) is 0 Å². The number of benzene rings is 1. The van der Waals surface area contributed by atoms with Gasteiger partial charge in [-0.05, 0) is 12.5 Å². The second-order valence-corrected chi connectivity index (χ2v) is 5.09. The average Bonchev–Trinajstić information content (AvgIpc) is 2.95. The van der Waals surface area contributed by atoms with Gasteiger partial charge in [-0.25, -0.2) is 9.32 Å². The highest BCUT2D eigenvalue weighted by molar-refractivity contribution is 6.69. The van der Waals surface area contributed by atoms with Crippen LogP contribution in [0.3, 0.4) is 0 Å². The Morgan fingerprint density at radius 3 is 2.81 bits per heavy atom. The van der Waals surface area contributed by atoms with E-state index >= 15 is 0 Å². The molecule has 2 bridgehead atoms. The first kappa shape index (κ1) is 13.6. The summed E-state index contributed by atoms with van der Waals surface area (Å²) in [6.07, 6.45) is 2.85. The predicted octanol–water partition coefficient (Wildman–Crippen LogP) is 2.62. The maximum atomic E-state index is 12.0. The molecule has 1 aromatic heterocycles. The van der Waals surface area contributed by atoms with E-state index in [1.807, 2.05) is 34.9 Å². The quantitative estimate of drug-likeness (QED) is 0.644. The minimum Gasteiger partial charge on any atom is -0.794 e. The lowest BCUT2D eigenvalue weighted by Gasteiger charge is -2.04. The van der Waals surface area contributed by atoms with Crippen LogP contribution >= 0.6 is 11.6 Å². The Kier molecular flexibility index (Phi) is 3.35. The Morgan fingerprint density at radius 2 is 2.14 bits per heavy atom. The number of nitrogens with zero attached hydrogens (tertiary/aromatic N) is 3. The summed E-state index contributed by atoms with van der Waals surface area (Å²) in [6.45, 7) is 2.28. The monoisotopic (exact) mass is 301 g/mol. The number of hydrogen-bond donors (Lipinski definition) is 0. The summed E-state index contributed by atoms with van der Waals surface area (Å²) in [4.78, 5) is 12.0. The van der Waals surface area contributed by atoms with Crippen molar-refractivity contribution < 1.29 is 9.10 Å². The molecule has 0 spiro atoms. The van der Waals surface area contributed by atoms with Crippen molar-refractivity contribution in [2.24, 2.45) is 0 Å².